The molecule has 1 aromatic rings. The molecular weight excluding hydrogens is 243 g/mol. The van der Waals surface area contributed by atoms with Crippen molar-refractivity contribution < 1.29 is 4.39 Å². The third-order valence-electron chi connectivity index (χ3n) is 2.69. The zero-order chi connectivity index (χ0) is 10.7. The summed E-state index contributed by atoms with van der Waals surface area (Å²) in [5.74, 6) is 0.218. The molecule has 0 spiro atoms. The van der Waals surface area contributed by atoms with Crippen LogP contribution in [0.15, 0.2) is 12.1 Å². The van der Waals surface area contributed by atoms with Gasteiger partial charge < -0.3 is 0 Å². The molecule has 1 rings (SSSR count). The number of benzene rings is 1. The third kappa shape index (κ3) is 2.57. The van der Waals surface area contributed by atoms with Crippen molar-refractivity contribution in [2.24, 2.45) is 0 Å². The highest BCUT2D eigenvalue weighted by Crippen LogP contribution is 2.25. The summed E-state index contributed by atoms with van der Waals surface area (Å²) >= 11 is 3.38. The van der Waals surface area contributed by atoms with Gasteiger partial charge in [0.1, 0.15) is 5.82 Å². The summed E-state index contributed by atoms with van der Waals surface area (Å²) in [6, 6.07) is 3.60. The van der Waals surface area contributed by atoms with E-state index in [1.165, 1.54) is 5.56 Å². The normalized spacial score (nSPS) is 12.9. The van der Waals surface area contributed by atoms with Crippen molar-refractivity contribution in [2.45, 2.75) is 33.1 Å². The van der Waals surface area contributed by atoms with Crippen LogP contribution in [0, 0.1) is 19.7 Å². The van der Waals surface area contributed by atoms with Gasteiger partial charge >= 0.3 is 0 Å². The average Bonchev–Trinajstić information content (AvgIpc) is 2.11. The maximum atomic E-state index is 13.6. The minimum absolute atomic E-state index is 0.0680. The number of hydrogen-bond donors (Lipinski definition) is 0. The van der Waals surface area contributed by atoms with Crippen molar-refractivity contribution in [3.05, 3.63) is 34.6 Å². The molecule has 0 aliphatic rings. The van der Waals surface area contributed by atoms with Crippen molar-refractivity contribution in [1.82, 2.24) is 0 Å². The summed E-state index contributed by atoms with van der Waals surface area (Å²) in [7, 11) is 0. The Balaban J connectivity index is 3.02. The van der Waals surface area contributed by atoms with Crippen LogP contribution in [0.4, 0.5) is 4.39 Å². The lowest BCUT2D eigenvalue weighted by molar-refractivity contribution is 0.583. The molecule has 0 amide bonds. The molecule has 0 aromatic heterocycles. The van der Waals surface area contributed by atoms with E-state index in [0.29, 0.717) is 0 Å². The van der Waals surface area contributed by atoms with Crippen LogP contribution in [0.1, 0.15) is 36.0 Å². The summed E-state index contributed by atoms with van der Waals surface area (Å²) in [4.78, 5) is 0. The monoisotopic (exact) mass is 258 g/mol. The Hall–Kier alpha value is -0.370. The van der Waals surface area contributed by atoms with Crippen LogP contribution in [0.2, 0.25) is 0 Å². The number of hydrogen-bond acceptors (Lipinski definition) is 0. The van der Waals surface area contributed by atoms with Gasteiger partial charge in [-0.1, -0.05) is 28.9 Å². The standard InChI is InChI=1S/C12H16BrF/c1-8(4-5-13)11-6-9(2)10(3)7-12(11)14/h6-8H,4-5H2,1-3H3. The minimum Gasteiger partial charge on any atom is -0.207 e. The first-order chi connectivity index (χ1) is 6.56. The number of halogens is 2. The van der Waals surface area contributed by atoms with Gasteiger partial charge in [0.15, 0.2) is 0 Å². The molecule has 0 heterocycles. The predicted octanol–water partition coefficient (Wildman–Crippen LogP) is 4.33. The Bertz CT molecular complexity index is 320. The second kappa shape index (κ2) is 4.92. The number of rotatable bonds is 3. The van der Waals surface area contributed by atoms with Crippen LogP contribution >= 0.6 is 15.9 Å². The van der Waals surface area contributed by atoms with E-state index in [4.69, 9.17) is 0 Å². The molecule has 0 aliphatic carbocycles. The zero-order valence-electron chi connectivity index (χ0n) is 8.90. The van der Waals surface area contributed by atoms with E-state index in [9.17, 15) is 4.39 Å². The molecule has 78 valence electrons. The van der Waals surface area contributed by atoms with Gasteiger partial charge in [0, 0.05) is 5.33 Å². The Morgan fingerprint density at radius 1 is 1.29 bits per heavy atom. The quantitative estimate of drug-likeness (QED) is 0.709. The van der Waals surface area contributed by atoms with Crippen LogP contribution in [0.25, 0.3) is 0 Å². The van der Waals surface area contributed by atoms with Crippen LogP contribution in [-0.4, -0.2) is 5.33 Å². The van der Waals surface area contributed by atoms with Crippen molar-refractivity contribution >= 4 is 15.9 Å². The molecule has 0 saturated heterocycles. The van der Waals surface area contributed by atoms with Gasteiger partial charge in [-0.15, -0.1) is 0 Å². The first kappa shape index (κ1) is 11.7. The van der Waals surface area contributed by atoms with Crippen molar-refractivity contribution in [3.8, 4) is 0 Å². The summed E-state index contributed by atoms with van der Waals surface area (Å²) in [6.07, 6.45) is 0.972. The zero-order valence-corrected chi connectivity index (χ0v) is 10.5. The van der Waals surface area contributed by atoms with Crippen LogP contribution in [-0.2, 0) is 0 Å². The lowest BCUT2D eigenvalue weighted by Crippen LogP contribution is -2.00. The maximum absolute atomic E-state index is 13.6. The van der Waals surface area contributed by atoms with Gasteiger partial charge in [-0.25, -0.2) is 4.39 Å². The van der Waals surface area contributed by atoms with Crippen molar-refractivity contribution in [2.75, 3.05) is 5.33 Å². The molecule has 0 nitrogen and oxygen atoms in total. The molecule has 14 heavy (non-hydrogen) atoms. The molecule has 2 heteroatoms. The lowest BCUT2D eigenvalue weighted by Gasteiger charge is -2.13. The molecule has 1 atom stereocenters. The lowest BCUT2D eigenvalue weighted by atomic mass is 9.94. The van der Waals surface area contributed by atoms with Gasteiger partial charge in [0.25, 0.3) is 0 Å². The predicted molar refractivity (Wildman–Crippen MR) is 62.7 cm³/mol. The van der Waals surface area contributed by atoms with E-state index in [1.807, 2.05) is 19.9 Å². The first-order valence-electron chi connectivity index (χ1n) is 4.89. The van der Waals surface area contributed by atoms with Crippen LogP contribution in [0.3, 0.4) is 0 Å². The summed E-state index contributed by atoms with van der Waals surface area (Å²) < 4.78 is 13.6. The van der Waals surface area contributed by atoms with Gasteiger partial charge in [-0.3, -0.25) is 0 Å². The van der Waals surface area contributed by atoms with E-state index >= 15 is 0 Å². The van der Waals surface area contributed by atoms with Gasteiger partial charge in [-0.05, 0) is 48.9 Å². The fraction of sp³-hybridized carbons (Fsp3) is 0.500. The molecule has 0 N–H and O–H groups in total. The Morgan fingerprint density at radius 3 is 2.43 bits per heavy atom. The van der Waals surface area contributed by atoms with Crippen LogP contribution < -0.4 is 0 Å². The molecule has 0 bridgehead atoms. The maximum Gasteiger partial charge on any atom is 0.126 e. The highest BCUT2D eigenvalue weighted by atomic mass is 79.9. The molecule has 0 radical (unpaired) electrons. The molecule has 0 saturated carbocycles. The highest BCUT2D eigenvalue weighted by molar-refractivity contribution is 9.09. The summed E-state index contributed by atoms with van der Waals surface area (Å²) in [6.45, 7) is 6.03. The fourth-order valence-corrected chi connectivity index (χ4v) is 2.19. The highest BCUT2D eigenvalue weighted by Gasteiger charge is 2.11. The number of aryl methyl sites for hydroxylation is 2. The van der Waals surface area contributed by atoms with Crippen LogP contribution in [0.5, 0.6) is 0 Å². The second-order valence-electron chi connectivity index (χ2n) is 3.84. The molecular formula is C12H16BrF. The van der Waals surface area contributed by atoms with Gasteiger partial charge in [-0.2, -0.15) is 0 Å². The average molecular weight is 259 g/mol. The Kier molecular flexibility index (Phi) is 4.11. The summed E-state index contributed by atoms with van der Waals surface area (Å²) in [5, 5.41) is 0.917. The van der Waals surface area contributed by atoms with E-state index in [-0.39, 0.29) is 11.7 Å². The van der Waals surface area contributed by atoms with Gasteiger partial charge in [0.2, 0.25) is 0 Å². The van der Waals surface area contributed by atoms with Crippen molar-refractivity contribution in [3.63, 3.8) is 0 Å². The smallest absolute Gasteiger partial charge is 0.126 e. The summed E-state index contributed by atoms with van der Waals surface area (Å²) in [5.41, 5.74) is 3.03. The van der Waals surface area contributed by atoms with Gasteiger partial charge in [0.05, 0.1) is 0 Å². The Morgan fingerprint density at radius 2 is 1.86 bits per heavy atom. The van der Waals surface area contributed by atoms with E-state index in [2.05, 4.69) is 22.9 Å². The van der Waals surface area contributed by atoms with E-state index < -0.39 is 0 Å². The topological polar surface area (TPSA) is 0 Å². The van der Waals surface area contributed by atoms with E-state index in [1.54, 1.807) is 6.07 Å². The third-order valence-corrected chi connectivity index (χ3v) is 3.14. The Labute approximate surface area is 93.7 Å². The molecule has 1 unspecified atom stereocenters. The molecule has 1 aromatic carbocycles. The molecule has 0 aliphatic heterocycles. The minimum atomic E-state index is -0.0680. The SMILES string of the molecule is Cc1cc(F)c(C(C)CCBr)cc1C. The largest absolute Gasteiger partial charge is 0.207 e. The first-order valence-corrected chi connectivity index (χ1v) is 6.01. The fourth-order valence-electron chi connectivity index (χ4n) is 1.50. The second-order valence-corrected chi connectivity index (χ2v) is 4.63. The van der Waals surface area contributed by atoms with Crippen molar-refractivity contribution in [1.29, 1.82) is 0 Å². The number of alkyl halides is 1. The molecule has 0 fully saturated rings. The van der Waals surface area contributed by atoms with E-state index in [0.717, 1.165) is 22.9 Å².